The number of phenols is 1. The second-order valence-corrected chi connectivity index (χ2v) is 12.6. The van der Waals surface area contributed by atoms with Gasteiger partial charge in [-0.15, -0.1) is 0 Å². The molecule has 2 aromatic carbocycles. The van der Waals surface area contributed by atoms with Crippen molar-refractivity contribution in [3.05, 3.63) is 95.2 Å². The summed E-state index contributed by atoms with van der Waals surface area (Å²) in [5.74, 6) is 2.94. The summed E-state index contributed by atoms with van der Waals surface area (Å²) in [6.45, 7) is 14.1. The molecule has 3 aromatic rings. The number of anilines is 1. The van der Waals surface area contributed by atoms with E-state index >= 15 is 0 Å². The average molecular weight is 571 g/mol. The largest absolute Gasteiger partial charge is 0.508 e. The molecular weight excluding hydrogens is 520 g/mol. The number of likely N-dealkylation sites (tertiary alicyclic amines) is 1. The number of nitrogens with zero attached hydrogens (tertiary/aromatic N) is 4. The topological polar surface area (TPSA) is 52.1 Å². The molecule has 1 N–H and O–H groups in total. The van der Waals surface area contributed by atoms with Crippen LogP contribution in [0.4, 0.5) is 5.82 Å². The number of aromatic hydroxyl groups is 1. The number of hydrogen-bond acceptors (Lipinski definition) is 6. The number of phenolic OH excluding ortho intramolecular Hbond substituents is 1. The smallest absolute Gasteiger partial charge is 0.128 e. The van der Waals surface area contributed by atoms with Gasteiger partial charge in [0.05, 0.1) is 7.11 Å². The fraction of sp³-hybridized carbons (Fsp3) is 0.472. The van der Waals surface area contributed by atoms with Crippen LogP contribution in [-0.2, 0) is 18.4 Å². The van der Waals surface area contributed by atoms with Gasteiger partial charge in [0.1, 0.15) is 17.3 Å². The zero-order valence-electron chi connectivity index (χ0n) is 26.7. The maximum atomic E-state index is 9.87. The SMILES string of the molecule is CC(C)=CCN1CC[C@@]2(C)c3cc(O)ccc3C[C@@H]1[C@@H]2C.COc1ccc(CN(CCN(C)C)c2ccccn2)cc1. The molecule has 2 bridgehead atoms. The van der Waals surface area contributed by atoms with E-state index in [-0.39, 0.29) is 5.41 Å². The molecule has 226 valence electrons. The Morgan fingerprint density at radius 3 is 2.50 bits per heavy atom. The zero-order valence-corrected chi connectivity index (χ0v) is 26.7. The van der Waals surface area contributed by atoms with Crippen molar-refractivity contribution < 1.29 is 9.84 Å². The second kappa shape index (κ2) is 14.2. The summed E-state index contributed by atoms with van der Waals surface area (Å²) in [4.78, 5) is 11.6. The van der Waals surface area contributed by atoms with Crippen LogP contribution in [0.2, 0.25) is 0 Å². The minimum atomic E-state index is 0.207. The number of fused-ring (bicyclic) bond motifs is 4. The normalized spacial score (nSPS) is 21.1. The summed E-state index contributed by atoms with van der Waals surface area (Å²) >= 11 is 0. The van der Waals surface area contributed by atoms with Crippen molar-refractivity contribution in [3.63, 3.8) is 0 Å². The minimum Gasteiger partial charge on any atom is -0.508 e. The molecule has 42 heavy (non-hydrogen) atoms. The summed E-state index contributed by atoms with van der Waals surface area (Å²) in [6.07, 6.45) is 6.48. The van der Waals surface area contributed by atoms with Crippen LogP contribution in [0.15, 0.2) is 78.5 Å². The highest BCUT2D eigenvalue weighted by molar-refractivity contribution is 5.44. The van der Waals surface area contributed by atoms with E-state index in [2.05, 4.69) is 91.8 Å². The molecule has 0 radical (unpaired) electrons. The molecule has 6 heteroatoms. The molecule has 0 saturated carbocycles. The van der Waals surface area contributed by atoms with Gasteiger partial charge in [-0.25, -0.2) is 4.98 Å². The van der Waals surface area contributed by atoms with Crippen molar-refractivity contribution in [3.8, 4) is 11.5 Å². The summed E-state index contributed by atoms with van der Waals surface area (Å²) in [6, 6.07) is 20.8. The van der Waals surface area contributed by atoms with E-state index in [0.717, 1.165) is 50.7 Å². The van der Waals surface area contributed by atoms with Crippen molar-refractivity contribution in [2.45, 2.75) is 58.5 Å². The molecule has 2 heterocycles. The van der Waals surface area contributed by atoms with Crippen molar-refractivity contribution >= 4 is 5.82 Å². The number of piperidine rings is 1. The third-order valence-electron chi connectivity index (χ3n) is 9.16. The molecule has 1 fully saturated rings. The van der Waals surface area contributed by atoms with Gasteiger partial charge in [-0.3, -0.25) is 4.90 Å². The summed E-state index contributed by atoms with van der Waals surface area (Å²) in [7, 11) is 5.86. The van der Waals surface area contributed by atoms with Crippen LogP contribution < -0.4 is 9.64 Å². The lowest BCUT2D eigenvalue weighted by molar-refractivity contribution is 0.0397. The Bertz CT molecular complexity index is 1300. The van der Waals surface area contributed by atoms with Crippen molar-refractivity contribution in [2.24, 2.45) is 5.92 Å². The Kier molecular flexibility index (Phi) is 10.7. The van der Waals surface area contributed by atoms with Crippen LogP contribution in [0.1, 0.15) is 50.8 Å². The highest BCUT2D eigenvalue weighted by Crippen LogP contribution is 2.49. The molecule has 6 nitrogen and oxygen atoms in total. The van der Waals surface area contributed by atoms with E-state index in [4.69, 9.17) is 4.74 Å². The summed E-state index contributed by atoms with van der Waals surface area (Å²) < 4.78 is 5.21. The first kappa shape index (κ1) is 31.6. The average Bonchev–Trinajstić information content (AvgIpc) is 2.98. The van der Waals surface area contributed by atoms with Gasteiger partial charge in [-0.05, 0) is 112 Å². The van der Waals surface area contributed by atoms with Gasteiger partial charge in [-0.1, -0.05) is 49.8 Å². The van der Waals surface area contributed by atoms with Gasteiger partial charge in [0.15, 0.2) is 0 Å². The van der Waals surface area contributed by atoms with Gasteiger partial charge in [0, 0.05) is 38.4 Å². The number of rotatable bonds is 9. The van der Waals surface area contributed by atoms with E-state index in [1.54, 1.807) is 7.11 Å². The minimum absolute atomic E-state index is 0.207. The fourth-order valence-electron chi connectivity index (χ4n) is 6.31. The molecular formula is C36H50N4O2. The van der Waals surface area contributed by atoms with E-state index in [9.17, 15) is 5.11 Å². The standard InChI is InChI=1S/C19H27NO.C17H23N3O/c1-13(2)7-9-20-10-8-19(4)14(3)18(20)11-15-5-6-16(21)12-17(15)19;1-19(2)12-13-20(17-6-4-5-11-18-17)14-15-7-9-16(21-3)10-8-15/h5-7,12,14,18,21H,8-11H2,1-4H3;4-11H,12-14H2,1-3H3/t14-,18+,19+;/m0./s1. The first-order valence-corrected chi connectivity index (χ1v) is 15.2. The number of hydrogen-bond donors (Lipinski definition) is 1. The van der Waals surface area contributed by atoms with E-state index in [1.165, 1.54) is 28.7 Å². The van der Waals surface area contributed by atoms with Crippen LogP contribution >= 0.6 is 0 Å². The summed E-state index contributed by atoms with van der Waals surface area (Å²) in [5, 5.41) is 9.87. The third kappa shape index (κ3) is 7.73. The quantitative estimate of drug-likeness (QED) is 0.295. The molecule has 3 atom stereocenters. The van der Waals surface area contributed by atoms with Crippen molar-refractivity contribution in [1.82, 2.24) is 14.8 Å². The van der Waals surface area contributed by atoms with Crippen LogP contribution in [0.5, 0.6) is 11.5 Å². The number of benzene rings is 2. The second-order valence-electron chi connectivity index (χ2n) is 12.6. The molecule has 1 aromatic heterocycles. The lowest BCUT2D eigenvalue weighted by Gasteiger charge is -2.54. The third-order valence-corrected chi connectivity index (χ3v) is 9.16. The van der Waals surface area contributed by atoms with Gasteiger partial charge in [0.2, 0.25) is 0 Å². The van der Waals surface area contributed by atoms with Gasteiger partial charge in [-0.2, -0.15) is 0 Å². The lowest BCUT2D eigenvalue weighted by Crippen LogP contribution is -2.57. The van der Waals surface area contributed by atoms with Gasteiger partial charge in [0.25, 0.3) is 0 Å². The van der Waals surface area contributed by atoms with E-state index in [0.29, 0.717) is 17.7 Å². The Morgan fingerprint density at radius 1 is 1.10 bits per heavy atom. The number of ether oxygens (including phenoxy) is 1. The fourth-order valence-corrected chi connectivity index (χ4v) is 6.31. The predicted octanol–water partition coefficient (Wildman–Crippen LogP) is 6.54. The lowest BCUT2D eigenvalue weighted by atomic mass is 9.59. The Labute approximate surface area is 253 Å². The Morgan fingerprint density at radius 2 is 1.86 bits per heavy atom. The monoisotopic (exact) mass is 570 g/mol. The van der Waals surface area contributed by atoms with Crippen molar-refractivity contribution in [2.75, 3.05) is 52.3 Å². The highest BCUT2D eigenvalue weighted by Gasteiger charge is 2.48. The molecule has 1 aliphatic carbocycles. The number of aromatic nitrogens is 1. The molecule has 0 unspecified atom stereocenters. The van der Waals surface area contributed by atoms with Gasteiger partial charge < -0.3 is 19.6 Å². The number of likely N-dealkylation sites (N-methyl/N-ethyl adjacent to an activating group) is 1. The summed E-state index contributed by atoms with van der Waals surface area (Å²) in [5.41, 5.74) is 5.67. The molecule has 1 aliphatic heterocycles. The Hall–Kier alpha value is -3.35. The maximum Gasteiger partial charge on any atom is 0.128 e. The molecule has 0 amide bonds. The number of pyridine rings is 1. The van der Waals surface area contributed by atoms with Gasteiger partial charge >= 0.3 is 0 Å². The van der Waals surface area contributed by atoms with Crippen LogP contribution in [0.25, 0.3) is 0 Å². The van der Waals surface area contributed by atoms with Crippen LogP contribution in [0, 0.1) is 5.92 Å². The number of methoxy groups -OCH3 is 1. The molecule has 5 rings (SSSR count). The molecule has 1 saturated heterocycles. The molecule has 0 spiro atoms. The Balaban J connectivity index is 0.000000193. The van der Waals surface area contributed by atoms with Crippen molar-refractivity contribution in [1.29, 1.82) is 0 Å². The highest BCUT2D eigenvalue weighted by atomic mass is 16.5. The molecule has 2 aliphatic rings. The first-order valence-electron chi connectivity index (χ1n) is 15.2. The van der Waals surface area contributed by atoms with Crippen LogP contribution in [0.3, 0.4) is 0 Å². The first-order chi connectivity index (χ1) is 20.1. The predicted molar refractivity (Wildman–Crippen MR) is 175 cm³/mol. The number of allylic oxidation sites excluding steroid dienone is 1. The zero-order chi connectivity index (χ0) is 30.3. The van der Waals surface area contributed by atoms with E-state index < -0.39 is 0 Å². The van der Waals surface area contributed by atoms with E-state index in [1.807, 2.05) is 42.6 Å². The maximum absolute atomic E-state index is 9.87. The van der Waals surface area contributed by atoms with Crippen LogP contribution in [-0.4, -0.2) is 73.3 Å².